The lowest BCUT2D eigenvalue weighted by Crippen LogP contribution is -2.12. The maximum atomic E-state index is 12.7. The normalized spacial score (nSPS) is 11.0. The molecule has 0 saturated heterocycles. The molecule has 1 nitrogen and oxygen atoms in total. The van der Waals surface area contributed by atoms with E-state index in [-0.39, 0.29) is 0 Å². The summed E-state index contributed by atoms with van der Waals surface area (Å²) in [6.45, 7) is 3.11. The summed E-state index contributed by atoms with van der Waals surface area (Å²) in [6.07, 6.45) is 0.527. The van der Waals surface area contributed by atoms with Crippen LogP contribution in [0.3, 0.4) is 0 Å². The average molecular weight is 161 g/mol. The van der Waals surface area contributed by atoms with E-state index in [0.717, 1.165) is 5.75 Å². The fraction of sp³-hybridized carbons (Fsp3) is 0.857. The van der Waals surface area contributed by atoms with Crippen LogP contribution in [0.1, 0.15) is 20.3 Å². The van der Waals surface area contributed by atoms with Crippen LogP contribution < -0.4 is 0 Å². The Morgan fingerprint density at radius 2 is 2.20 bits per heavy atom. The van der Waals surface area contributed by atoms with E-state index in [2.05, 4.69) is 0 Å². The van der Waals surface area contributed by atoms with Gasteiger partial charge in [-0.3, -0.25) is 0 Å². The molecule has 10 heavy (non-hydrogen) atoms. The lowest BCUT2D eigenvalue weighted by molar-refractivity contribution is 0.212. The van der Waals surface area contributed by atoms with Crippen molar-refractivity contribution in [3.05, 3.63) is 0 Å². The summed E-state index contributed by atoms with van der Waals surface area (Å²) < 4.78 is 12.7. The molecule has 0 unspecified atom stereocenters. The topological polar surface area (TPSA) is 23.8 Å². The summed E-state index contributed by atoms with van der Waals surface area (Å²) in [4.78, 5) is 0. The lowest BCUT2D eigenvalue weighted by atomic mass is 10.1. The predicted octanol–water partition coefficient (Wildman–Crippen LogP) is 2.38. The summed E-state index contributed by atoms with van der Waals surface area (Å²) in [5, 5.41) is 8.13. The zero-order chi connectivity index (χ0) is 8.04. The van der Waals surface area contributed by atoms with Gasteiger partial charge in [0.1, 0.15) is 5.67 Å². The minimum absolute atomic E-state index is 0.468. The Balaban J connectivity index is 3.14. The smallest absolute Gasteiger partial charge is 0.106 e. The van der Waals surface area contributed by atoms with Gasteiger partial charge in [0.15, 0.2) is 0 Å². The zero-order valence-corrected chi connectivity index (χ0v) is 7.17. The molecule has 0 rings (SSSR count). The number of hydrogen-bond donors (Lipinski definition) is 0. The summed E-state index contributed by atoms with van der Waals surface area (Å²) in [5.41, 5.74) is -1.08. The maximum absolute atomic E-state index is 12.7. The van der Waals surface area contributed by atoms with Gasteiger partial charge in [0, 0.05) is 0 Å². The van der Waals surface area contributed by atoms with Crippen LogP contribution in [0.25, 0.3) is 0 Å². The van der Waals surface area contributed by atoms with Crippen molar-refractivity contribution in [1.29, 1.82) is 5.26 Å². The van der Waals surface area contributed by atoms with E-state index in [4.69, 9.17) is 5.26 Å². The SMILES string of the molecule is CC(C)(F)CCSCC#N. The first-order valence-corrected chi connectivity index (χ1v) is 4.35. The molecule has 0 aliphatic heterocycles. The molecule has 3 heteroatoms. The van der Waals surface area contributed by atoms with Crippen LogP contribution in [0.2, 0.25) is 0 Å². The highest BCUT2D eigenvalue weighted by atomic mass is 32.2. The fourth-order valence-corrected chi connectivity index (χ4v) is 1.30. The van der Waals surface area contributed by atoms with Crippen molar-refractivity contribution >= 4 is 11.8 Å². The molecule has 0 fully saturated rings. The third-order valence-corrected chi connectivity index (χ3v) is 1.83. The van der Waals surface area contributed by atoms with Crippen LogP contribution in [-0.4, -0.2) is 17.2 Å². The van der Waals surface area contributed by atoms with E-state index in [9.17, 15) is 4.39 Å². The lowest BCUT2D eigenvalue weighted by Gasteiger charge is -2.11. The quantitative estimate of drug-likeness (QED) is 0.591. The van der Waals surface area contributed by atoms with Crippen molar-refractivity contribution in [3.63, 3.8) is 0 Å². The van der Waals surface area contributed by atoms with Gasteiger partial charge in [-0.25, -0.2) is 4.39 Å². The third kappa shape index (κ3) is 7.77. The number of rotatable bonds is 4. The van der Waals surface area contributed by atoms with Crippen LogP contribution >= 0.6 is 11.8 Å². The predicted molar refractivity (Wildman–Crippen MR) is 42.7 cm³/mol. The molecule has 0 radical (unpaired) electrons. The molecule has 0 aliphatic rings. The summed E-state index contributed by atoms with van der Waals surface area (Å²) in [7, 11) is 0. The standard InChI is InChI=1S/C7H12FNS/c1-7(2,8)3-5-10-6-4-9/h3,5-6H2,1-2H3. The van der Waals surface area contributed by atoms with Crippen LogP contribution in [0.4, 0.5) is 4.39 Å². The highest BCUT2D eigenvalue weighted by molar-refractivity contribution is 7.99. The molecule has 0 atom stereocenters. The van der Waals surface area contributed by atoms with E-state index < -0.39 is 5.67 Å². The van der Waals surface area contributed by atoms with Crippen LogP contribution in [0.15, 0.2) is 0 Å². The van der Waals surface area contributed by atoms with Crippen molar-refractivity contribution < 1.29 is 4.39 Å². The Labute approximate surface area is 65.6 Å². The highest BCUT2D eigenvalue weighted by Crippen LogP contribution is 2.16. The second kappa shape index (κ2) is 4.56. The van der Waals surface area contributed by atoms with Gasteiger partial charge < -0.3 is 0 Å². The van der Waals surface area contributed by atoms with E-state index in [1.54, 1.807) is 13.8 Å². The van der Waals surface area contributed by atoms with Crippen LogP contribution in [0.5, 0.6) is 0 Å². The largest absolute Gasteiger partial charge is 0.244 e. The second-order valence-electron chi connectivity index (χ2n) is 2.68. The molecule has 0 bridgehead atoms. The van der Waals surface area contributed by atoms with Crippen molar-refractivity contribution in [1.82, 2.24) is 0 Å². The number of halogens is 1. The minimum atomic E-state index is -1.08. The Morgan fingerprint density at radius 1 is 1.60 bits per heavy atom. The summed E-state index contributed by atoms with van der Waals surface area (Å²) in [5.74, 6) is 1.20. The molecular weight excluding hydrogens is 149 g/mol. The van der Waals surface area contributed by atoms with Gasteiger partial charge >= 0.3 is 0 Å². The molecule has 0 aromatic rings. The molecule has 58 valence electrons. The van der Waals surface area contributed by atoms with Crippen molar-refractivity contribution in [3.8, 4) is 6.07 Å². The molecule has 0 amide bonds. The number of nitrogens with zero attached hydrogens (tertiary/aromatic N) is 1. The number of alkyl halides is 1. The average Bonchev–Trinajstić information content (AvgIpc) is 1.78. The van der Waals surface area contributed by atoms with E-state index in [0.29, 0.717) is 12.2 Å². The molecule has 0 saturated carbocycles. The van der Waals surface area contributed by atoms with E-state index in [1.807, 2.05) is 6.07 Å². The van der Waals surface area contributed by atoms with Gasteiger partial charge in [0.05, 0.1) is 11.8 Å². The first-order valence-electron chi connectivity index (χ1n) is 3.20. The van der Waals surface area contributed by atoms with Gasteiger partial charge in [-0.15, -0.1) is 11.8 Å². The molecule has 0 N–H and O–H groups in total. The molecule has 0 heterocycles. The summed E-state index contributed by atoms with van der Waals surface area (Å²) >= 11 is 1.48. The van der Waals surface area contributed by atoms with Crippen molar-refractivity contribution in [2.75, 3.05) is 11.5 Å². The molecule has 0 aromatic heterocycles. The third-order valence-electron chi connectivity index (χ3n) is 1.01. The van der Waals surface area contributed by atoms with Gasteiger partial charge in [0.2, 0.25) is 0 Å². The Kier molecular flexibility index (Phi) is 4.46. The first kappa shape index (κ1) is 9.77. The van der Waals surface area contributed by atoms with Gasteiger partial charge in [-0.2, -0.15) is 5.26 Å². The van der Waals surface area contributed by atoms with Crippen molar-refractivity contribution in [2.45, 2.75) is 25.9 Å². The molecular formula is C7H12FNS. The highest BCUT2D eigenvalue weighted by Gasteiger charge is 2.13. The summed E-state index contributed by atoms with van der Waals surface area (Å²) in [6, 6.07) is 1.99. The van der Waals surface area contributed by atoms with E-state index in [1.165, 1.54) is 11.8 Å². The molecule has 0 spiro atoms. The molecule has 0 aromatic carbocycles. The number of nitriles is 1. The number of thioether (sulfide) groups is 1. The monoisotopic (exact) mass is 161 g/mol. The zero-order valence-electron chi connectivity index (χ0n) is 6.35. The van der Waals surface area contributed by atoms with Gasteiger partial charge in [-0.1, -0.05) is 0 Å². The Bertz CT molecular complexity index is 123. The number of hydrogen-bond acceptors (Lipinski definition) is 2. The van der Waals surface area contributed by atoms with E-state index >= 15 is 0 Å². The van der Waals surface area contributed by atoms with Crippen LogP contribution in [0, 0.1) is 11.3 Å². The second-order valence-corrected chi connectivity index (χ2v) is 3.78. The maximum Gasteiger partial charge on any atom is 0.106 e. The Hall–Kier alpha value is -0.230. The van der Waals surface area contributed by atoms with Gasteiger partial charge in [-0.05, 0) is 26.0 Å². The molecule has 0 aliphatic carbocycles. The first-order chi connectivity index (χ1) is 4.56. The fourth-order valence-electron chi connectivity index (χ4n) is 0.433. The van der Waals surface area contributed by atoms with Crippen LogP contribution in [-0.2, 0) is 0 Å². The Morgan fingerprint density at radius 3 is 2.60 bits per heavy atom. The van der Waals surface area contributed by atoms with Gasteiger partial charge in [0.25, 0.3) is 0 Å². The minimum Gasteiger partial charge on any atom is -0.244 e. The van der Waals surface area contributed by atoms with Crippen molar-refractivity contribution in [2.24, 2.45) is 0 Å².